The molecule has 5 heteroatoms. The number of rotatable bonds is 6. The number of hydrogen-bond donors (Lipinski definition) is 3. The first kappa shape index (κ1) is 18.2. The fourth-order valence-electron chi connectivity index (χ4n) is 2.82. The van der Waals surface area contributed by atoms with Gasteiger partial charge in [0.05, 0.1) is 18.2 Å². The van der Waals surface area contributed by atoms with E-state index in [4.69, 9.17) is 0 Å². The van der Waals surface area contributed by atoms with Crippen molar-refractivity contribution in [1.29, 1.82) is 0 Å². The predicted molar refractivity (Wildman–Crippen MR) is 96.5 cm³/mol. The molecule has 0 fully saturated rings. The molecule has 0 saturated carbocycles. The largest absolute Gasteiger partial charge is 0.394 e. The summed E-state index contributed by atoms with van der Waals surface area (Å²) in [4.78, 5) is 28.3. The van der Waals surface area contributed by atoms with Crippen LogP contribution >= 0.6 is 0 Å². The lowest BCUT2D eigenvalue weighted by Gasteiger charge is -2.22. The van der Waals surface area contributed by atoms with Gasteiger partial charge in [-0.1, -0.05) is 46.2 Å². The maximum absolute atomic E-state index is 12.7. The van der Waals surface area contributed by atoms with E-state index < -0.39 is 5.91 Å². The fourth-order valence-corrected chi connectivity index (χ4v) is 2.82. The van der Waals surface area contributed by atoms with Gasteiger partial charge in [0.25, 0.3) is 5.91 Å². The predicted octanol–water partition coefficient (Wildman–Crippen LogP) is 2.79. The van der Waals surface area contributed by atoms with Gasteiger partial charge in [-0.25, -0.2) is 0 Å². The van der Waals surface area contributed by atoms with Crippen molar-refractivity contribution in [3.8, 4) is 0 Å². The topological polar surface area (TPSA) is 82.2 Å². The Balaban J connectivity index is 2.42. The first-order valence-corrected chi connectivity index (χ1v) is 8.46. The van der Waals surface area contributed by atoms with Crippen LogP contribution in [0.4, 0.5) is 0 Å². The van der Waals surface area contributed by atoms with Crippen LogP contribution in [0.5, 0.6) is 0 Å². The fraction of sp³-hybridized carbons (Fsp3) is 0.474. The van der Waals surface area contributed by atoms with E-state index in [0.717, 1.165) is 17.5 Å². The Morgan fingerprint density at radius 1 is 1.29 bits per heavy atom. The summed E-state index contributed by atoms with van der Waals surface area (Å²) < 4.78 is 0. The number of aromatic nitrogens is 1. The number of aliphatic hydroxyl groups excluding tert-OH is 1. The van der Waals surface area contributed by atoms with Gasteiger partial charge in [0.1, 0.15) is 5.56 Å². The lowest BCUT2D eigenvalue weighted by molar-refractivity contribution is 0.0890. The molecule has 0 unspecified atom stereocenters. The maximum Gasteiger partial charge on any atom is 0.257 e. The normalized spacial score (nSPS) is 13.9. The number of H-pyrrole nitrogens is 1. The van der Waals surface area contributed by atoms with Crippen LogP contribution in [-0.2, 0) is 0 Å². The molecule has 0 aliphatic rings. The molecule has 0 spiro atoms. The Morgan fingerprint density at radius 2 is 2.00 bits per heavy atom. The van der Waals surface area contributed by atoms with Crippen LogP contribution in [0.1, 0.15) is 56.0 Å². The molecule has 2 rings (SSSR count). The molecule has 0 aliphatic carbocycles. The molecule has 1 amide bonds. The van der Waals surface area contributed by atoms with Crippen molar-refractivity contribution < 1.29 is 9.90 Å². The average molecular weight is 330 g/mol. The number of hydrogen-bond acceptors (Lipinski definition) is 3. The van der Waals surface area contributed by atoms with Gasteiger partial charge in [-0.05, 0) is 23.5 Å². The van der Waals surface area contributed by atoms with E-state index in [9.17, 15) is 14.7 Å². The highest BCUT2D eigenvalue weighted by atomic mass is 16.3. The van der Waals surface area contributed by atoms with Crippen molar-refractivity contribution in [2.75, 3.05) is 6.61 Å². The Morgan fingerprint density at radius 3 is 2.58 bits per heavy atom. The SMILES string of the molecule is CC[C@@H](C)[C@@H](CO)NC(=O)c1c[nH]c2c(C(C)C)cccc2c1=O. The third-order valence-electron chi connectivity index (χ3n) is 4.66. The van der Waals surface area contributed by atoms with Crippen LogP contribution in [0.3, 0.4) is 0 Å². The average Bonchev–Trinajstić information content (AvgIpc) is 2.58. The number of fused-ring (bicyclic) bond motifs is 1. The van der Waals surface area contributed by atoms with Crippen LogP contribution < -0.4 is 10.7 Å². The monoisotopic (exact) mass is 330 g/mol. The van der Waals surface area contributed by atoms with Gasteiger partial charge in [-0.15, -0.1) is 0 Å². The summed E-state index contributed by atoms with van der Waals surface area (Å²) in [5, 5.41) is 12.7. The zero-order valence-corrected chi connectivity index (χ0v) is 14.7. The smallest absolute Gasteiger partial charge is 0.257 e. The van der Waals surface area contributed by atoms with Crippen molar-refractivity contribution in [3.63, 3.8) is 0 Å². The third kappa shape index (κ3) is 3.51. The molecule has 0 saturated heterocycles. The Kier molecular flexibility index (Phi) is 5.78. The first-order chi connectivity index (χ1) is 11.4. The molecule has 1 aromatic heterocycles. The number of aromatic amines is 1. The molecule has 0 radical (unpaired) electrons. The highest BCUT2D eigenvalue weighted by molar-refractivity contribution is 5.97. The van der Waals surface area contributed by atoms with E-state index in [1.165, 1.54) is 6.20 Å². The molecule has 5 nitrogen and oxygen atoms in total. The number of pyridine rings is 1. The second-order valence-corrected chi connectivity index (χ2v) is 6.60. The number of para-hydroxylation sites is 1. The first-order valence-electron chi connectivity index (χ1n) is 8.46. The van der Waals surface area contributed by atoms with E-state index in [1.54, 1.807) is 6.07 Å². The molecular weight excluding hydrogens is 304 g/mol. The molecule has 24 heavy (non-hydrogen) atoms. The number of carbonyl (C=O) groups excluding carboxylic acids is 1. The molecule has 1 aromatic carbocycles. The van der Waals surface area contributed by atoms with Gasteiger partial charge in [0.2, 0.25) is 5.43 Å². The van der Waals surface area contributed by atoms with Crippen molar-refractivity contribution >= 4 is 16.8 Å². The number of amides is 1. The summed E-state index contributed by atoms with van der Waals surface area (Å²) in [6, 6.07) is 5.19. The second-order valence-electron chi connectivity index (χ2n) is 6.60. The number of nitrogens with one attached hydrogen (secondary N) is 2. The van der Waals surface area contributed by atoms with Gasteiger partial charge >= 0.3 is 0 Å². The molecule has 130 valence electrons. The molecule has 2 aromatic rings. The highest BCUT2D eigenvalue weighted by Gasteiger charge is 2.21. The summed E-state index contributed by atoms with van der Waals surface area (Å²) in [6.07, 6.45) is 2.30. The molecule has 1 heterocycles. The summed E-state index contributed by atoms with van der Waals surface area (Å²) >= 11 is 0. The van der Waals surface area contributed by atoms with E-state index in [2.05, 4.69) is 24.1 Å². The highest BCUT2D eigenvalue weighted by Crippen LogP contribution is 2.22. The lowest BCUT2D eigenvalue weighted by Crippen LogP contribution is -2.43. The van der Waals surface area contributed by atoms with E-state index in [-0.39, 0.29) is 35.5 Å². The van der Waals surface area contributed by atoms with Gasteiger partial charge < -0.3 is 15.4 Å². The summed E-state index contributed by atoms with van der Waals surface area (Å²) in [6.45, 7) is 7.93. The van der Waals surface area contributed by atoms with Crippen LogP contribution in [0.2, 0.25) is 0 Å². The summed E-state index contributed by atoms with van der Waals surface area (Å²) in [7, 11) is 0. The Hall–Kier alpha value is -2.14. The van der Waals surface area contributed by atoms with Gasteiger partial charge in [0.15, 0.2) is 0 Å². The molecule has 0 bridgehead atoms. The van der Waals surface area contributed by atoms with Gasteiger partial charge in [-0.3, -0.25) is 9.59 Å². The minimum Gasteiger partial charge on any atom is -0.394 e. The van der Waals surface area contributed by atoms with Gasteiger partial charge in [-0.2, -0.15) is 0 Å². The van der Waals surface area contributed by atoms with Crippen molar-refractivity contribution in [2.45, 2.75) is 46.1 Å². The third-order valence-corrected chi connectivity index (χ3v) is 4.66. The van der Waals surface area contributed by atoms with Crippen molar-refractivity contribution in [2.24, 2.45) is 5.92 Å². The van der Waals surface area contributed by atoms with Crippen molar-refractivity contribution in [1.82, 2.24) is 10.3 Å². The molecule has 3 N–H and O–H groups in total. The van der Waals surface area contributed by atoms with Crippen LogP contribution in [0, 0.1) is 5.92 Å². The molecule has 0 aliphatic heterocycles. The summed E-state index contributed by atoms with van der Waals surface area (Å²) in [5.41, 5.74) is 1.61. The quantitative estimate of drug-likeness (QED) is 0.761. The molecular formula is C19H26N2O3. The van der Waals surface area contributed by atoms with E-state index in [0.29, 0.717) is 5.39 Å². The Bertz CT molecular complexity index is 780. The zero-order valence-electron chi connectivity index (χ0n) is 14.7. The summed E-state index contributed by atoms with van der Waals surface area (Å²) in [5.74, 6) is -0.0494. The Labute approximate surface area is 142 Å². The lowest BCUT2D eigenvalue weighted by atomic mass is 9.98. The van der Waals surface area contributed by atoms with Crippen LogP contribution in [-0.4, -0.2) is 28.6 Å². The van der Waals surface area contributed by atoms with Gasteiger partial charge in [0, 0.05) is 11.6 Å². The standard InChI is InChI=1S/C19H26N2O3/c1-5-12(4)16(10-22)21-19(24)15-9-20-17-13(11(2)3)7-6-8-14(17)18(15)23/h6-9,11-12,16,22H,5,10H2,1-4H3,(H,20,23)(H,21,24)/t12-,16-/m1/s1. The number of benzene rings is 1. The zero-order chi connectivity index (χ0) is 17.9. The maximum atomic E-state index is 12.7. The van der Waals surface area contributed by atoms with E-state index >= 15 is 0 Å². The number of carbonyl (C=O) groups is 1. The minimum atomic E-state index is -0.451. The number of aliphatic hydroxyl groups is 1. The molecule has 2 atom stereocenters. The van der Waals surface area contributed by atoms with E-state index in [1.807, 2.05) is 26.0 Å². The van der Waals surface area contributed by atoms with Crippen LogP contribution in [0.15, 0.2) is 29.2 Å². The van der Waals surface area contributed by atoms with Crippen molar-refractivity contribution in [3.05, 3.63) is 45.7 Å². The second kappa shape index (κ2) is 7.62. The van der Waals surface area contributed by atoms with Crippen LogP contribution in [0.25, 0.3) is 10.9 Å². The minimum absolute atomic E-state index is 0.0742.